The zero-order valence-electron chi connectivity index (χ0n) is 11.3. The third-order valence-electron chi connectivity index (χ3n) is 2.76. The SMILES string of the molecule is COc1ccc(NC(=O)/C=C/c2c(Cl)cccc2Cl)cc1. The van der Waals surface area contributed by atoms with Gasteiger partial charge in [0.25, 0.3) is 0 Å². The van der Waals surface area contributed by atoms with Gasteiger partial charge in [0.05, 0.1) is 7.11 Å². The van der Waals surface area contributed by atoms with Crippen molar-refractivity contribution in [3.63, 3.8) is 0 Å². The fourth-order valence-corrected chi connectivity index (χ4v) is 2.21. The predicted octanol–water partition coefficient (Wildman–Crippen LogP) is 4.65. The summed E-state index contributed by atoms with van der Waals surface area (Å²) in [5, 5.41) is 3.73. The molecule has 0 radical (unpaired) electrons. The van der Waals surface area contributed by atoms with Crippen LogP contribution in [0.2, 0.25) is 10.0 Å². The first kappa shape index (κ1) is 15.4. The topological polar surface area (TPSA) is 38.3 Å². The number of benzene rings is 2. The molecule has 2 aromatic rings. The second-order valence-electron chi connectivity index (χ2n) is 4.19. The van der Waals surface area contributed by atoms with Gasteiger partial charge < -0.3 is 10.1 Å². The fraction of sp³-hybridized carbons (Fsp3) is 0.0625. The predicted molar refractivity (Wildman–Crippen MR) is 87.1 cm³/mol. The van der Waals surface area contributed by atoms with E-state index in [1.807, 2.05) is 0 Å². The number of anilines is 1. The number of ether oxygens (including phenoxy) is 1. The Balaban J connectivity index is 2.05. The van der Waals surface area contributed by atoms with E-state index in [4.69, 9.17) is 27.9 Å². The van der Waals surface area contributed by atoms with Crippen LogP contribution in [0.4, 0.5) is 5.69 Å². The normalized spacial score (nSPS) is 10.6. The smallest absolute Gasteiger partial charge is 0.248 e. The summed E-state index contributed by atoms with van der Waals surface area (Å²) in [6, 6.07) is 12.2. The molecular weight excluding hydrogens is 309 g/mol. The molecule has 0 atom stereocenters. The summed E-state index contributed by atoms with van der Waals surface area (Å²) in [6.07, 6.45) is 2.97. The molecule has 2 aromatic carbocycles. The monoisotopic (exact) mass is 321 g/mol. The summed E-state index contributed by atoms with van der Waals surface area (Å²) in [4.78, 5) is 11.8. The van der Waals surface area contributed by atoms with Crippen molar-refractivity contribution in [1.82, 2.24) is 0 Å². The number of rotatable bonds is 4. The summed E-state index contributed by atoms with van der Waals surface area (Å²) >= 11 is 12.1. The molecule has 0 saturated heterocycles. The Hall–Kier alpha value is -1.97. The number of nitrogens with one attached hydrogen (secondary N) is 1. The zero-order valence-corrected chi connectivity index (χ0v) is 12.8. The van der Waals surface area contributed by atoms with Crippen LogP contribution >= 0.6 is 23.2 Å². The highest BCUT2D eigenvalue weighted by Crippen LogP contribution is 2.25. The summed E-state index contributed by atoms with van der Waals surface area (Å²) in [5.41, 5.74) is 1.29. The van der Waals surface area contributed by atoms with Gasteiger partial charge in [-0.2, -0.15) is 0 Å². The van der Waals surface area contributed by atoms with Crippen molar-refractivity contribution in [3.8, 4) is 5.75 Å². The van der Waals surface area contributed by atoms with E-state index in [2.05, 4.69) is 5.32 Å². The van der Waals surface area contributed by atoms with Crippen molar-refractivity contribution >= 4 is 40.9 Å². The Morgan fingerprint density at radius 1 is 1.10 bits per heavy atom. The van der Waals surface area contributed by atoms with E-state index >= 15 is 0 Å². The highest BCUT2D eigenvalue weighted by atomic mass is 35.5. The van der Waals surface area contributed by atoms with E-state index in [0.717, 1.165) is 5.75 Å². The van der Waals surface area contributed by atoms with Gasteiger partial charge in [0.1, 0.15) is 5.75 Å². The van der Waals surface area contributed by atoms with Gasteiger partial charge >= 0.3 is 0 Å². The van der Waals surface area contributed by atoms with Crippen LogP contribution in [0.1, 0.15) is 5.56 Å². The number of carbonyl (C=O) groups is 1. The largest absolute Gasteiger partial charge is 0.497 e. The Bertz CT molecular complexity index is 646. The Kier molecular flexibility index (Phi) is 5.26. The highest BCUT2D eigenvalue weighted by Gasteiger charge is 2.03. The van der Waals surface area contributed by atoms with Gasteiger partial charge in [-0.15, -0.1) is 0 Å². The van der Waals surface area contributed by atoms with Crippen molar-refractivity contribution in [1.29, 1.82) is 0 Å². The first-order valence-corrected chi connectivity index (χ1v) is 6.93. The third kappa shape index (κ3) is 4.25. The Morgan fingerprint density at radius 3 is 2.29 bits per heavy atom. The molecule has 0 aliphatic rings. The number of carbonyl (C=O) groups excluding carboxylic acids is 1. The van der Waals surface area contributed by atoms with Gasteiger partial charge in [0.15, 0.2) is 0 Å². The van der Waals surface area contributed by atoms with Crippen molar-refractivity contribution in [2.45, 2.75) is 0 Å². The minimum absolute atomic E-state index is 0.267. The lowest BCUT2D eigenvalue weighted by Gasteiger charge is -2.04. The maximum absolute atomic E-state index is 11.8. The van der Waals surface area contributed by atoms with Gasteiger partial charge in [-0.3, -0.25) is 4.79 Å². The molecule has 1 N–H and O–H groups in total. The number of hydrogen-bond acceptors (Lipinski definition) is 2. The number of hydrogen-bond donors (Lipinski definition) is 1. The summed E-state index contributed by atoms with van der Waals surface area (Å²) < 4.78 is 5.05. The molecule has 2 rings (SSSR count). The Labute approximate surface area is 133 Å². The molecule has 0 saturated carbocycles. The maximum atomic E-state index is 11.8. The molecule has 0 bridgehead atoms. The van der Waals surface area contributed by atoms with Crippen LogP contribution < -0.4 is 10.1 Å². The average molecular weight is 322 g/mol. The molecule has 108 valence electrons. The number of amides is 1. The molecule has 0 heterocycles. The molecular formula is C16H13Cl2NO2. The molecule has 0 aliphatic carbocycles. The van der Waals surface area contributed by atoms with E-state index in [9.17, 15) is 4.79 Å². The molecule has 0 spiro atoms. The molecule has 5 heteroatoms. The lowest BCUT2D eigenvalue weighted by Crippen LogP contribution is -2.07. The van der Waals surface area contributed by atoms with Gasteiger partial charge in [-0.1, -0.05) is 29.3 Å². The minimum atomic E-state index is -0.267. The van der Waals surface area contributed by atoms with Crippen LogP contribution in [-0.4, -0.2) is 13.0 Å². The minimum Gasteiger partial charge on any atom is -0.497 e. The molecule has 1 amide bonds. The van der Waals surface area contributed by atoms with E-state index in [1.165, 1.54) is 6.08 Å². The van der Waals surface area contributed by atoms with Crippen LogP contribution in [0.25, 0.3) is 6.08 Å². The maximum Gasteiger partial charge on any atom is 0.248 e. The van der Waals surface area contributed by atoms with E-state index in [0.29, 0.717) is 21.3 Å². The molecule has 0 aliphatic heterocycles. The van der Waals surface area contributed by atoms with Gasteiger partial charge in [-0.05, 0) is 42.5 Å². The molecule has 0 unspecified atom stereocenters. The first-order valence-electron chi connectivity index (χ1n) is 6.17. The van der Waals surface area contributed by atoms with Crippen molar-refractivity contribution < 1.29 is 9.53 Å². The number of halogens is 2. The Morgan fingerprint density at radius 2 is 1.71 bits per heavy atom. The van der Waals surface area contributed by atoms with Crippen molar-refractivity contribution in [2.24, 2.45) is 0 Å². The van der Waals surface area contributed by atoms with Crippen molar-refractivity contribution in [3.05, 3.63) is 64.1 Å². The van der Waals surface area contributed by atoms with Crippen LogP contribution in [-0.2, 0) is 4.79 Å². The van der Waals surface area contributed by atoms with Gasteiger partial charge in [-0.25, -0.2) is 0 Å². The fourth-order valence-electron chi connectivity index (χ4n) is 1.69. The molecule has 0 fully saturated rings. The number of methoxy groups -OCH3 is 1. The summed E-state index contributed by atoms with van der Waals surface area (Å²) in [6.45, 7) is 0. The zero-order chi connectivity index (χ0) is 15.2. The summed E-state index contributed by atoms with van der Waals surface area (Å²) in [5.74, 6) is 0.461. The second-order valence-corrected chi connectivity index (χ2v) is 5.00. The molecule has 0 aromatic heterocycles. The quantitative estimate of drug-likeness (QED) is 0.832. The van der Waals surface area contributed by atoms with Crippen LogP contribution in [0.15, 0.2) is 48.5 Å². The lowest BCUT2D eigenvalue weighted by molar-refractivity contribution is -0.111. The molecule has 21 heavy (non-hydrogen) atoms. The second kappa shape index (κ2) is 7.16. The first-order chi connectivity index (χ1) is 10.1. The third-order valence-corrected chi connectivity index (χ3v) is 3.42. The van der Waals surface area contributed by atoms with Crippen LogP contribution in [0.5, 0.6) is 5.75 Å². The standard InChI is InChI=1S/C16H13Cl2NO2/c1-21-12-7-5-11(6-8-12)19-16(20)10-9-13-14(17)3-2-4-15(13)18/h2-10H,1H3,(H,19,20)/b10-9+. The molecule has 3 nitrogen and oxygen atoms in total. The van der Waals surface area contributed by atoms with Crippen LogP contribution in [0, 0.1) is 0 Å². The highest BCUT2D eigenvalue weighted by molar-refractivity contribution is 6.37. The summed E-state index contributed by atoms with van der Waals surface area (Å²) in [7, 11) is 1.59. The van der Waals surface area contributed by atoms with Crippen molar-refractivity contribution in [2.75, 3.05) is 12.4 Å². The lowest BCUT2D eigenvalue weighted by atomic mass is 10.2. The van der Waals surface area contributed by atoms with E-state index < -0.39 is 0 Å². The van der Waals surface area contributed by atoms with Gasteiger partial charge in [0.2, 0.25) is 5.91 Å². The van der Waals surface area contributed by atoms with Gasteiger partial charge in [0, 0.05) is 27.4 Å². The van der Waals surface area contributed by atoms with E-state index in [1.54, 1.807) is 55.7 Å². The average Bonchev–Trinajstić information content (AvgIpc) is 2.47. The van der Waals surface area contributed by atoms with E-state index in [-0.39, 0.29) is 5.91 Å². The van der Waals surface area contributed by atoms with Crippen LogP contribution in [0.3, 0.4) is 0 Å².